The Labute approximate surface area is 135 Å². The van der Waals surface area contributed by atoms with Gasteiger partial charge in [0.25, 0.3) is 0 Å². The van der Waals surface area contributed by atoms with E-state index < -0.39 is 0 Å². The van der Waals surface area contributed by atoms with Crippen molar-refractivity contribution in [2.75, 3.05) is 7.05 Å². The molecule has 0 saturated heterocycles. The van der Waals surface area contributed by atoms with Gasteiger partial charge in [-0.3, -0.25) is 4.99 Å². The van der Waals surface area contributed by atoms with E-state index in [0.717, 1.165) is 17.2 Å². The lowest BCUT2D eigenvalue weighted by atomic mass is 10.2. The largest absolute Gasteiger partial charge is 0.464 e. The van der Waals surface area contributed by atoms with Crippen molar-refractivity contribution >= 4 is 29.9 Å². The predicted octanol–water partition coefficient (Wildman–Crippen LogP) is 2.62. The molecule has 2 aromatic rings. The van der Waals surface area contributed by atoms with Gasteiger partial charge in [0, 0.05) is 13.1 Å². The van der Waals surface area contributed by atoms with Crippen molar-refractivity contribution in [3.8, 4) is 0 Å². The molecule has 1 atom stereocenters. The highest BCUT2D eigenvalue weighted by atomic mass is 127. The lowest BCUT2D eigenvalue weighted by Crippen LogP contribution is -2.38. The summed E-state index contributed by atoms with van der Waals surface area (Å²) in [6.07, 6.45) is 1.54. The van der Waals surface area contributed by atoms with Gasteiger partial charge in [-0.2, -0.15) is 0 Å². The lowest BCUT2D eigenvalue weighted by Gasteiger charge is -2.15. The fourth-order valence-corrected chi connectivity index (χ4v) is 1.66. The van der Waals surface area contributed by atoms with E-state index in [0.29, 0.717) is 12.5 Å². The molecule has 20 heavy (non-hydrogen) atoms. The second-order valence-corrected chi connectivity index (χ2v) is 4.23. The van der Waals surface area contributed by atoms with E-state index in [1.54, 1.807) is 19.4 Å². The number of aryl methyl sites for hydroxylation is 1. The Morgan fingerprint density at radius 2 is 2.20 bits per heavy atom. The molecule has 2 heterocycles. The first-order valence-electron chi connectivity index (χ1n) is 6.12. The van der Waals surface area contributed by atoms with E-state index in [-0.39, 0.29) is 30.0 Å². The summed E-state index contributed by atoms with van der Waals surface area (Å²) in [5.41, 5.74) is 0.824. The summed E-state index contributed by atoms with van der Waals surface area (Å²) in [5, 5.41) is 10.2. The maximum atomic E-state index is 5.57. The summed E-state index contributed by atoms with van der Waals surface area (Å²) in [4.78, 5) is 4.15. The van der Waals surface area contributed by atoms with Crippen molar-refractivity contribution in [2.24, 2.45) is 4.99 Å². The van der Waals surface area contributed by atoms with E-state index in [4.69, 9.17) is 8.94 Å². The first-order valence-corrected chi connectivity index (χ1v) is 6.12. The van der Waals surface area contributed by atoms with Gasteiger partial charge in [0.2, 0.25) is 0 Å². The van der Waals surface area contributed by atoms with Gasteiger partial charge in [-0.15, -0.1) is 24.0 Å². The average molecular weight is 390 g/mol. The number of halogens is 1. The normalized spacial score (nSPS) is 12.7. The molecule has 110 valence electrons. The first kappa shape index (κ1) is 16.5. The Kier molecular flexibility index (Phi) is 6.56. The Morgan fingerprint density at radius 3 is 2.75 bits per heavy atom. The minimum absolute atomic E-state index is 0. The average Bonchev–Trinajstić information content (AvgIpc) is 3.05. The molecular weight excluding hydrogens is 371 g/mol. The summed E-state index contributed by atoms with van der Waals surface area (Å²) in [6, 6.07) is 5.74. The van der Waals surface area contributed by atoms with Crippen LogP contribution >= 0.6 is 24.0 Å². The molecule has 7 heteroatoms. The molecule has 0 aliphatic heterocycles. The fourth-order valence-electron chi connectivity index (χ4n) is 1.66. The smallest absolute Gasteiger partial charge is 0.191 e. The van der Waals surface area contributed by atoms with E-state index in [1.165, 1.54) is 0 Å². The van der Waals surface area contributed by atoms with Crippen molar-refractivity contribution < 1.29 is 8.94 Å². The maximum absolute atomic E-state index is 5.57. The second-order valence-electron chi connectivity index (χ2n) is 4.23. The maximum Gasteiger partial charge on any atom is 0.191 e. The molecule has 0 aromatic carbocycles. The number of rotatable bonds is 4. The van der Waals surface area contributed by atoms with Gasteiger partial charge >= 0.3 is 0 Å². The predicted molar refractivity (Wildman–Crippen MR) is 87.1 cm³/mol. The number of nitrogens with zero attached hydrogens (tertiary/aromatic N) is 2. The molecule has 6 nitrogen and oxygen atoms in total. The van der Waals surface area contributed by atoms with E-state index in [9.17, 15) is 0 Å². The Balaban J connectivity index is 0.00000200. The number of guanidine groups is 1. The van der Waals surface area contributed by atoms with Gasteiger partial charge < -0.3 is 19.6 Å². The van der Waals surface area contributed by atoms with Crippen LogP contribution in [0.2, 0.25) is 0 Å². The van der Waals surface area contributed by atoms with Crippen LogP contribution in [0.5, 0.6) is 0 Å². The van der Waals surface area contributed by atoms with Crippen LogP contribution in [0.25, 0.3) is 0 Å². The summed E-state index contributed by atoms with van der Waals surface area (Å²) in [5.74, 6) is 2.46. The highest BCUT2D eigenvalue weighted by molar-refractivity contribution is 14.0. The van der Waals surface area contributed by atoms with Crippen LogP contribution in [0, 0.1) is 6.92 Å². The number of furan rings is 1. The Hall–Kier alpha value is -1.51. The van der Waals surface area contributed by atoms with Gasteiger partial charge in [0.1, 0.15) is 23.5 Å². The molecule has 2 N–H and O–H groups in total. The van der Waals surface area contributed by atoms with E-state index in [2.05, 4.69) is 20.8 Å². The SMILES string of the molecule is CN=C(NCc1ccon1)NC(C)c1ccc(C)o1.I. The van der Waals surface area contributed by atoms with Gasteiger partial charge in [-0.05, 0) is 26.0 Å². The third-order valence-corrected chi connectivity index (χ3v) is 2.69. The van der Waals surface area contributed by atoms with Gasteiger partial charge in [-0.1, -0.05) is 5.16 Å². The van der Waals surface area contributed by atoms with Crippen LogP contribution in [0.1, 0.15) is 30.2 Å². The molecule has 0 bridgehead atoms. The second kappa shape index (κ2) is 7.93. The summed E-state index contributed by atoms with van der Waals surface area (Å²) in [7, 11) is 1.72. The molecule has 0 spiro atoms. The number of hydrogen-bond donors (Lipinski definition) is 2. The number of aromatic nitrogens is 1. The van der Waals surface area contributed by atoms with Crippen LogP contribution in [0.4, 0.5) is 0 Å². The van der Waals surface area contributed by atoms with Crippen LogP contribution < -0.4 is 10.6 Å². The van der Waals surface area contributed by atoms with Crippen molar-refractivity contribution in [2.45, 2.75) is 26.4 Å². The lowest BCUT2D eigenvalue weighted by molar-refractivity contribution is 0.410. The van der Waals surface area contributed by atoms with Gasteiger partial charge in [-0.25, -0.2) is 0 Å². The monoisotopic (exact) mass is 390 g/mol. The number of nitrogens with one attached hydrogen (secondary N) is 2. The summed E-state index contributed by atoms with van der Waals surface area (Å²) < 4.78 is 10.3. The quantitative estimate of drug-likeness (QED) is 0.477. The highest BCUT2D eigenvalue weighted by Crippen LogP contribution is 2.15. The molecular formula is C13H19IN4O2. The first-order chi connectivity index (χ1) is 9.19. The molecule has 2 rings (SSSR count). The molecule has 0 fully saturated rings. The molecule has 0 radical (unpaired) electrons. The number of aliphatic imine (C=N–C) groups is 1. The van der Waals surface area contributed by atoms with Crippen LogP contribution in [-0.4, -0.2) is 18.2 Å². The van der Waals surface area contributed by atoms with Crippen LogP contribution in [-0.2, 0) is 6.54 Å². The van der Waals surface area contributed by atoms with Gasteiger partial charge in [0.15, 0.2) is 5.96 Å². The van der Waals surface area contributed by atoms with E-state index >= 15 is 0 Å². The third kappa shape index (κ3) is 4.55. The van der Waals surface area contributed by atoms with Crippen molar-refractivity contribution in [3.63, 3.8) is 0 Å². The standard InChI is InChI=1S/C13H18N4O2.HI/c1-9-4-5-12(19-9)10(2)16-13(14-3)15-8-11-6-7-18-17-11;/h4-7,10H,8H2,1-3H3,(H2,14,15,16);1H. The molecule has 0 aliphatic carbocycles. The summed E-state index contributed by atoms with van der Waals surface area (Å²) >= 11 is 0. The number of hydrogen-bond acceptors (Lipinski definition) is 4. The third-order valence-electron chi connectivity index (χ3n) is 2.69. The zero-order valence-corrected chi connectivity index (χ0v) is 14.0. The molecule has 2 aromatic heterocycles. The molecule has 0 amide bonds. The minimum atomic E-state index is 0. The molecule has 0 aliphatic rings. The zero-order valence-electron chi connectivity index (χ0n) is 11.7. The Bertz CT molecular complexity index is 536. The van der Waals surface area contributed by atoms with Crippen LogP contribution in [0.3, 0.4) is 0 Å². The minimum Gasteiger partial charge on any atom is -0.464 e. The fraction of sp³-hybridized carbons (Fsp3) is 0.385. The zero-order chi connectivity index (χ0) is 13.7. The van der Waals surface area contributed by atoms with Crippen molar-refractivity contribution in [3.05, 3.63) is 41.7 Å². The summed E-state index contributed by atoms with van der Waals surface area (Å²) in [6.45, 7) is 4.50. The topological polar surface area (TPSA) is 75.6 Å². The molecule has 1 unspecified atom stereocenters. The van der Waals surface area contributed by atoms with Crippen molar-refractivity contribution in [1.29, 1.82) is 0 Å². The van der Waals surface area contributed by atoms with E-state index in [1.807, 2.05) is 26.0 Å². The van der Waals surface area contributed by atoms with Crippen molar-refractivity contribution in [1.82, 2.24) is 15.8 Å². The Morgan fingerprint density at radius 1 is 1.40 bits per heavy atom. The molecule has 0 saturated carbocycles. The van der Waals surface area contributed by atoms with Gasteiger partial charge in [0.05, 0.1) is 12.6 Å². The van der Waals surface area contributed by atoms with Crippen LogP contribution in [0.15, 0.2) is 38.4 Å². The highest BCUT2D eigenvalue weighted by Gasteiger charge is 2.11.